The molecule has 2 nitrogen and oxygen atoms in total. The Labute approximate surface area is 102 Å². The third-order valence-electron chi connectivity index (χ3n) is 2.84. The molecule has 17 heavy (non-hydrogen) atoms. The van der Waals surface area contributed by atoms with Gasteiger partial charge in [0.05, 0.1) is 5.52 Å². The molecule has 0 amide bonds. The van der Waals surface area contributed by atoms with Crippen LogP contribution in [0.5, 0.6) is 0 Å². The van der Waals surface area contributed by atoms with Crippen LogP contribution in [0.3, 0.4) is 0 Å². The molecule has 1 aromatic carbocycles. The van der Waals surface area contributed by atoms with Gasteiger partial charge < -0.3 is 5.32 Å². The van der Waals surface area contributed by atoms with E-state index < -0.39 is 0 Å². The molecule has 0 spiro atoms. The molecule has 2 aromatic rings. The van der Waals surface area contributed by atoms with E-state index in [0.717, 1.165) is 18.5 Å². The summed E-state index contributed by atoms with van der Waals surface area (Å²) in [5.41, 5.74) is 2.34. The van der Waals surface area contributed by atoms with Crippen molar-refractivity contribution in [3.8, 4) is 0 Å². The highest BCUT2D eigenvalue weighted by molar-refractivity contribution is 5.78. The van der Waals surface area contributed by atoms with Gasteiger partial charge in [0.25, 0.3) is 0 Å². The molecule has 1 atom stereocenters. The summed E-state index contributed by atoms with van der Waals surface area (Å²) >= 11 is 0. The average Bonchev–Trinajstić information content (AvgIpc) is 2.36. The van der Waals surface area contributed by atoms with Crippen molar-refractivity contribution in [3.05, 3.63) is 54.7 Å². The maximum absolute atomic E-state index is 4.31. The number of benzene rings is 1. The molecule has 0 fully saturated rings. The van der Waals surface area contributed by atoms with E-state index in [2.05, 4.69) is 48.1 Å². The van der Waals surface area contributed by atoms with Crippen molar-refractivity contribution >= 4 is 10.9 Å². The van der Waals surface area contributed by atoms with Gasteiger partial charge >= 0.3 is 0 Å². The molecule has 0 aliphatic rings. The number of aromatic nitrogens is 1. The van der Waals surface area contributed by atoms with Gasteiger partial charge in [-0.15, -0.1) is 6.58 Å². The number of hydrogen-bond donors (Lipinski definition) is 1. The van der Waals surface area contributed by atoms with Gasteiger partial charge in [0, 0.05) is 24.2 Å². The highest BCUT2D eigenvalue weighted by Gasteiger charge is 2.00. The molecule has 1 heterocycles. The highest BCUT2D eigenvalue weighted by atomic mass is 14.9. The third-order valence-corrected chi connectivity index (χ3v) is 2.84. The van der Waals surface area contributed by atoms with Gasteiger partial charge in [-0.25, -0.2) is 0 Å². The lowest BCUT2D eigenvalue weighted by molar-refractivity contribution is 0.554. The summed E-state index contributed by atoms with van der Waals surface area (Å²) in [6, 6.07) is 10.9. The molecule has 0 aliphatic carbocycles. The Hall–Kier alpha value is -1.67. The van der Waals surface area contributed by atoms with Crippen molar-refractivity contribution in [3.63, 3.8) is 0 Å². The van der Waals surface area contributed by atoms with Crippen molar-refractivity contribution in [1.29, 1.82) is 0 Å². The van der Waals surface area contributed by atoms with E-state index in [9.17, 15) is 0 Å². The molecule has 1 aromatic heterocycles. The van der Waals surface area contributed by atoms with Gasteiger partial charge in [0.1, 0.15) is 0 Å². The average molecular weight is 226 g/mol. The van der Waals surface area contributed by atoms with E-state index in [1.54, 1.807) is 0 Å². The van der Waals surface area contributed by atoms with Crippen LogP contribution in [0.2, 0.25) is 0 Å². The Balaban J connectivity index is 2.06. The van der Waals surface area contributed by atoms with E-state index in [1.807, 2.05) is 18.3 Å². The minimum absolute atomic E-state index is 0.470. The summed E-state index contributed by atoms with van der Waals surface area (Å²) in [4.78, 5) is 4.31. The first kappa shape index (κ1) is 11.8. The van der Waals surface area contributed by atoms with Crippen LogP contribution in [0.4, 0.5) is 0 Å². The molecule has 2 heteroatoms. The molecule has 0 saturated carbocycles. The second-order valence-corrected chi connectivity index (χ2v) is 4.34. The molecule has 1 unspecified atom stereocenters. The van der Waals surface area contributed by atoms with Crippen LogP contribution in [0, 0.1) is 0 Å². The predicted molar refractivity (Wildman–Crippen MR) is 72.9 cm³/mol. The zero-order valence-electron chi connectivity index (χ0n) is 10.2. The van der Waals surface area contributed by atoms with Gasteiger partial charge in [-0.05, 0) is 37.1 Å². The quantitative estimate of drug-likeness (QED) is 0.791. The van der Waals surface area contributed by atoms with E-state index in [-0.39, 0.29) is 0 Å². The summed E-state index contributed by atoms with van der Waals surface area (Å²) < 4.78 is 0. The molecule has 0 saturated heterocycles. The van der Waals surface area contributed by atoms with Gasteiger partial charge in [-0.3, -0.25) is 4.98 Å². The first-order chi connectivity index (χ1) is 8.29. The van der Waals surface area contributed by atoms with Crippen molar-refractivity contribution in [2.24, 2.45) is 0 Å². The molecule has 1 N–H and O–H groups in total. The van der Waals surface area contributed by atoms with E-state index in [0.29, 0.717) is 6.04 Å². The first-order valence-corrected chi connectivity index (χ1v) is 5.97. The Morgan fingerprint density at radius 2 is 2.29 bits per heavy atom. The fourth-order valence-electron chi connectivity index (χ4n) is 1.86. The Bertz CT molecular complexity index is 505. The lowest BCUT2D eigenvalue weighted by atomic mass is 10.1. The van der Waals surface area contributed by atoms with Crippen LogP contribution in [-0.2, 0) is 6.54 Å². The lowest BCUT2D eigenvalue weighted by Gasteiger charge is -2.11. The van der Waals surface area contributed by atoms with E-state index >= 15 is 0 Å². The Morgan fingerprint density at radius 1 is 1.41 bits per heavy atom. The summed E-state index contributed by atoms with van der Waals surface area (Å²) in [7, 11) is 0. The number of fused-ring (bicyclic) bond motifs is 1. The largest absolute Gasteiger partial charge is 0.310 e. The lowest BCUT2D eigenvalue weighted by Crippen LogP contribution is -2.24. The predicted octanol–water partition coefficient (Wildman–Crippen LogP) is 3.29. The van der Waals surface area contributed by atoms with Crippen molar-refractivity contribution in [2.45, 2.75) is 25.9 Å². The number of hydrogen-bond acceptors (Lipinski definition) is 2. The minimum Gasteiger partial charge on any atom is -0.310 e. The third kappa shape index (κ3) is 3.14. The van der Waals surface area contributed by atoms with Gasteiger partial charge in [-0.2, -0.15) is 0 Å². The molecule has 0 aliphatic heterocycles. The second-order valence-electron chi connectivity index (χ2n) is 4.34. The highest BCUT2D eigenvalue weighted by Crippen LogP contribution is 2.13. The monoisotopic (exact) mass is 226 g/mol. The van der Waals surface area contributed by atoms with Crippen molar-refractivity contribution in [2.75, 3.05) is 0 Å². The van der Waals surface area contributed by atoms with Crippen LogP contribution in [-0.4, -0.2) is 11.0 Å². The maximum Gasteiger partial charge on any atom is 0.0702 e. The summed E-state index contributed by atoms with van der Waals surface area (Å²) in [6.45, 7) is 6.81. The normalized spacial score (nSPS) is 12.5. The summed E-state index contributed by atoms with van der Waals surface area (Å²) in [6.07, 6.45) is 4.77. The fraction of sp³-hybridized carbons (Fsp3) is 0.267. The van der Waals surface area contributed by atoms with Crippen molar-refractivity contribution < 1.29 is 0 Å². The molecular formula is C15H18N2. The topological polar surface area (TPSA) is 24.9 Å². The molecule has 0 radical (unpaired) electrons. The fourth-order valence-corrected chi connectivity index (χ4v) is 1.86. The zero-order chi connectivity index (χ0) is 12.1. The zero-order valence-corrected chi connectivity index (χ0v) is 10.2. The van der Waals surface area contributed by atoms with Gasteiger partial charge in [-0.1, -0.05) is 18.2 Å². The van der Waals surface area contributed by atoms with Crippen LogP contribution in [0.1, 0.15) is 18.9 Å². The number of rotatable bonds is 5. The molecule has 2 rings (SSSR count). The van der Waals surface area contributed by atoms with Gasteiger partial charge in [0.15, 0.2) is 0 Å². The number of pyridine rings is 1. The van der Waals surface area contributed by atoms with Crippen LogP contribution in [0.15, 0.2) is 49.2 Å². The van der Waals surface area contributed by atoms with Crippen LogP contribution in [0.25, 0.3) is 10.9 Å². The Morgan fingerprint density at radius 3 is 3.12 bits per heavy atom. The van der Waals surface area contributed by atoms with Crippen LogP contribution >= 0.6 is 0 Å². The Kier molecular flexibility index (Phi) is 3.89. The summed E-state index contributed by atoms with van der Waals surface area (Å²) in [5.74, 6) is 0. The van der Waals surface area contributed by atoms with E-state index in [1.165, 1.54) is 10.9 Å². The number of nitrogens with zero attached hydrogens (tertiary/aromatic N) is 1. The maximum atomic E-state index is 4.31. The number of nitrogens with one attached hydrogen (secondary N) is 1. The molecule has 0 bridgehead atoms. The SMILES string of the molecule is C=CCC(C)NCc1ccc2ncccc2c1. The first-order valence-electron chi connectivity index (χ1n) is 5.97. The van der Waals surface area contributed by atoms with E-state index in [4.69, 9.17) is 0 Å². The second kappa shape index (κ2) is 5.60. The van der Waals surface area contributed by atoms with Crippen LogP contribution < -0.4 is 5.32 Å². The smallest absolute Gasteiger partial charge is 0.0702 e. The van der Waals surface area contributed by atoms with Gasteiger partial charge in [0.2, 0.25) is 0 Å². The molecular weight excluding hydrogens is 208 g/mol. The summed E-state index contributed by atoms with van der Waals surface area (Å²) in [5, 5.41) is 4.67. The van der Waals surface area contributed by atoms with Crippen molar-refractivity contribution in [1.82, 2.24) is 10.3 Å². The standard InChI is InChI=1S/C15H18N2/c1-3-5-12(2)17-11-13-7-8-15-14(10-13)6-4-9-16-15/h3-4,6-10,12,17H,1,5,11H2,2H3. The minimum atomic E-state index is 0.470. The molecule has 88 valence electrons.